The van der Waals surface area contributed by atoms with Gasteiger partial charge in [-0.25, -0.2) is 0 Å². The monoisotopic (exact) mass is 819 g/mol. The molecule has 0 unspecified atom stereocenters. The van der Waals surface area contributed by atoms with Crippen LogP contribution in [0.3, 0.4) is 0 Å². The van der Waals surface area contributed by atoms with Gasteiger partial charge in [-0.15, -0.1) is 0 Å². The second kappa shape index (κ2) is 17.0. The fourth-order valence-electron chi connectivity index (χ4n) is 8.43. The Bertz CT molecular complexity index is 3220. The third kappa shape index (κ3) is 7.31. The number of hydrogen-bond acceptors (Lipinski definition) is 6. The first-order valence-electron chi connectivity index (χ1n) is 20.8. The molecular weight excluding hydrogens is 783 g/mol. The minimum absolute atomic E-state index is 0.599. The summed E-state index contributed by atoms with van der Waals surface area (Å²) in [4.78, 5) is 6.63. The molecule has 0 saturated heterocycles. The third-order valence-electron chi connectivity index (χ3n) is 11.4. The molecule has 7 nitrogen and oxygen atoms in total. The normalized spacial score (nSPS) is 10.8. The lowest BCUT2D eigenvalue weighted by Crippen LogP contribution is -2.10. The molecule has 0 saturated carbocycles. The number of rotatable bonds is 10. The van der Waals surface area contributed by atoms with E-state index in [2.05, 4.69) is 135 Å². The highest BCUT2D eigenvalue weighted by atomic mass is 15.2. The van der Waals surface area contributed by atoms with Gasteiger partial charge in [-0.3, -0.25) is 0 Å². The largest absolute Gasteiger partial charge is 0.311 e. The molecule has 0 spiro atoms. The van der Waals surface area contributed by atoms with E-state index >= 15 is 0 Å². The van der Waals surface area contributed by atoms with Crippen LogP contribution in [0.15, 0.2) is 224 Å². The van der Waals surface area contributed by atoms with Crippen LogP contribution in [0.2, 0.25) is 0 Å². The maximum absolute atomic E-state index is 9.62. The van der Waals surface area contributed by atoms with Crippen LogP contribution in [0.25, 0.3) is 27.5 Å². The summed E-state index contributed by atoms with van der Waals surface area (Å²) in [6, 6.07) is 82.4. The Kier molecular flexibility index (Phi) is 10.3. The van der Waals surface area contributed by atoms with Crippen LogP contribution in [0.5, 0.6) is 0 Å². The Hall–Kier alpha value is -9.35. The van der Waals surface area contributed by atoms with E-state index in [9.17, 15) is 15.8 Å². The van der Waals surface area contributed by atoms with Gasteiger partial charge in [-0.1, -0.05) is 66.7 Å². The first kappa shape index (κ1) is 38.8. The predicted molar refractivity (Wildman–Crippen MR) is 259 cm³/mol. The van der Waals surface area contributed by atoms with Gasteiger partial charge in [0.1, 0.15) is 0 Å². The van der Waals surface area contributed by atoms with Gasteiger partial charge in [0.05, 0.1) is 45.9 Å². The molecule has 1 aromatic heterocycles. The molecule has 10 aromatic rings. The average molecular weight is 820 g/mol. The van der Waals surface area contributed by atoms with Gasteiger partial charge in [0.2, 0.25) is 0 Å². The Balaban J connectivity index is 1.19. The Morgan fingerprint density at radius 2 is 0.547 bits per heavy atom. The van der Waals surface area contributed by atoms with Crippen LogP contribution in [0.1, 0.15) is 16.7 Å². The summed E-state index contributed by atoms with van der Waals surface area (Å²) >= 11 is 0. The van der Waals surface area contributed by atoms with Crippen LogP contribution in [-0.4, -0.2) is 4.57 Å². The molecule has 9 aromatic carbocycles. The van der Waals surface area contributed by atoms with E-state index < -0.39 is 0 Å². The minimum Gasteiger partial charge on any atom is -0.311 e. The zero-order valence-corrected chi connectivity index (χ0v) is 34.5. The molecule has 0 aliphatic rings. The molecule has 0 radical (unpaired) electrons. The van der Waals surface area contributed by atoms with Crippen molar-refractivity contribution in [2.45, 2.75) is 0 Å². The molecule has 7 heteroatoms. The summed E-state index contributed by atoms with van der Waals surface area (Å²) in [6.07, 6.45) is 0. The van der Waals surface area contributed by atoms with Crippen molar-refractivity contribution in [2.75, 3.05) is 14.7 Å². The van der Waals surface area contributed by atoms with Gasteiger partial charge >= 0.3 is 0 Å². The molecule has 64 heavy (non-hydrogen) atoms. The Labute approximate surface area is 371 Å². The topological polar surface area (TPSA) is 86.0 Å². The SMILES string of the molecule is N#Cc1ccc(N(c2ccccc2)c2ccc(-n3c4cc(N(c5ccccc5)c5ccc(C#N)cc5)ccc4c4ccc(N(c5ccccc5)c5ccc(C#N)cc5)cc43)cc2)cc1. The number of para-hydroxylation sites is 3. The molecule has 0 aliphatic carbocycles. The summed E-state index contributed by atoms with van der Waals surface area (Å²) in [5.41, 5.74) is 13.5. The molecule has 300 valence electrons. The van der Waals surface area contributed by atoms with Crippen molar-refractivity contribution in [3.8, 4) is 23.9 Å². The van der Waals surface area contributed by atoms with Crippen LogP contribution in [0, 0.1) is 34.0 Å². The van der Waals surface area contributed by atoms with Gasteiger partial charge in [-0.05, 0) is 158 Å². The zero-order valence-electron chi connectivity index (χ0n) is 34.5. The maximum atomic E-state index is 9.62. The van der Waals surface area contributed by atoms with Crippen molar-refractivity contribution in [3.63, 3.8) is 0 Å². The molecule has 0 atom stereocenters. The van der Waals surface area contributed by atoms with Crippen LogP contribution in [0.4, 0.5) is 51.2 Å². The molecule has 0 fully saturated rings. The molecule has 10 rings (SSSR count). The first-order chi connectivity index (χ1) is 31.6. The van der Waals surface area contributed by atoms with E-state index in [-0.39, 0.29) is 0 Å². The summed E-state index contributed by atoms with van der Waals surface area (Å²) in [5.74, 6) is 0. The number of anilines is 9. The fraction of sp³-hybridized carbons (Fsp3) is 0. The standard InChI is InChI=1S/C57H37N7/c58-38-41-16-22-47(23-17-41)61(44-10-4-1-5-11-44)50-28-30-51(31-29-50)64-56-36-52(62(45-12-6-2-7-13-45)48-24-18-42(39-59)19-25-48)32-34-54(56)55-35-33-53(37-57(55)64)63(46-14-8-3-9-15-46)49-26-20-43(40-60)21-27-49/h1-37H. The van der Waals surface area contributed by atoms with E-state index in [4.69, 9.17) is 0 Å². The van der Waals surface area contributed by atoms with Crippen molar-refractivity contribution in [1.29, 1.82) is 15.8 Å². The van der Waals surface area contributed by atoms with Crippen molar-refractivity contribution in [1.82, 2.24) is 4.57 Å². The van der Waals surface area contributed by atoms with E-state index in [0.717, 1.165) is 78.7 Å². The molecular formula is C57H37N7. The Morgan fingerprint density at radius 1 is 0.281 bits per heavy atom. The quantitative estimate of drug-likeness (QED) is 0.137. The van der Waals surface area contributed by atoms with Crippen LogP contribution in [-0.2, 0) is 0 Å². The smallest absolute Gasteiger partial charge is 0.0991 e. The minimum atomic E-state index is 0.599. The van der Waals surface area contributed by atoms with Gasteiger partial charge in [0.25, 0.3) is 0 Å². The number of nitriles is 3. The number of aromatic nitrogens is 1. The lowest BCUT2D eigenvalue weighted by atomic mass is 10.1. The molecule has 0 aliphatic heterocycles. The highest BCUT2D eigenvalue weighted by molar-refractivity contribution is 6.11. The first-order valence-corrected chi connectivity index (χ1v) is 20.8. The zero-order chi connectivity index (χ0) is 43.4. The maximum Gasteiger partial charge on any atom is 0.0991 e. The molecule has 0 amide bonds. The van der Waals surface area contributed by atoms with Crippen LogP contribution < -0.4 is 14.7 Å². The number of nitrogens with zero attached hydrogens (tertiary/aromatic N) is 7. The number of fused-ring (bicyclic) bond motifs is 3. The molecule has 1 heterocycles. The summed E-state index contributed by atoms with van der Waals surface area (Å²) in [7, 11) is 0. The van der Waals surface area contributed by atoms with E-state index in [1.165, 1.54) is 0 Å². The molecule has 0 N–H and O–H groups in total. The second-order valence-corrected chi connectivity index (χ2v) is 15.2. The van der Waals surface area contributed by atoms with Crippen molar-refractivity contribution >= 4 is 73.0 Å². The van der Waals surface area contributed by atoms with E-state index in [1.54, 1.807) is 0 Å². The van der Waals surface area contributed by atoms with Crippen molar-refractivity contribution in [3.05, 3.63) is 241 Å². The van der Waals surface area contributed by atoms with Crippen molar-refractivity contribution in [2.24, 2.45) is 0 Å². The number of benzene rings is 9. The highest BCUT2D eigenvalue weighted by Gasteiger charge is 2.21. The van der Waals surface area contributed by atoms with Gasteiger partial charge in [-0.2, -0.15) is 15.8 Å². The van der Waals surface area contributed by atoms with Gasteiger partial charge in [0.15, 0.2) is 0 Å². The predicted octanol–water partition coefficient (Wildman–Crippen LogP) is 14.8. The second-order valence-electron chi connectivity index (χ2n) is 15.2. The lowest BCUT2D eigenvalue weighted by Gasteiger charge is -2.26. The van der Waals surface area contributed by atoms with Crippen molar-refractivity contribution < 1.29 is 0 Å². The van der Waals surface area contributed by atoms with Crippen LogP contribution >= 0.6 is 0 Å². The van der Waals surface area contributed by atoms with E-state index in [1.807, 2.05) is 127 Å². The number of hydrogen-bond donors (Lipinski definition) is 0. The summed E-state index contributed by atoms with van der Waals surface area (Å²) < 4.78 is 2.33. The van der Waals surface area contributed by atoms with Gasteiger partial charge < -0.3 is 19.3 Å². The lowest BCUT2D eigenvalue weighted by molar-refractivity contribution is 1.17. The third-order valence-corrected chi connectivity index (χ3v) is 11.4. The van der Waals surface area contributed by atoms with E-state index in [0.29, 0.717) is 16.7 Å². The summed E-state index contributed by atoms with van der Waals surface area (Å²) in [6.45, 7) is 0. The van der Waals surface area contributed by atoms with Gasteiger partial charge in [0, 0.05) is 67.6 Å². The average Bonchev–Trinajstić information content (AvgIpc) is 3.69. The fourth-order valence-corrected chi connectivity index (χ4v) is 8.43. The molecule has 0 bridgehead atoms. The summed E-state index contributed by atoms with van der Waals surface area (Å²) in [5, 5.41) is 31.0. The highest BCUT2D eigenvalue weighted by Crippen LogP contribution is 2.43. The Morgan fingerprint density at radius 3 is 0.859 bits per heavy atom.